The summed E-state index contributed by atoms with van der Waals surface area (Å²) in [6.07, 6.45) is 1.24. The summed E-state index contributed by atoms with van der Waals surface area (Å²) in [4.78, 5) is 2.34. The first-order valence-corrected chi connectivity index (χ1v) is 7.64. The van der Waals surface area contributed by atoms with Gasteiger partial charge in [-0.25, -0.2) is 0 Å². The van der Waals surface area contributed by atoms with Crippen LogP contribution in [-0.2, 0) is 6.42 Å². The van der Waals surface area contributed by atoms with Crippen LogP contribution in [-0.4, -0.2) is 20.9 Å². The average molecular weight is 263 g/mol. The molecule has 1 nitrogen and oxygen atoms in total. The number of nitrogen functional groups attached to an aromatic ring is 1. The topological polar surface area (TPSA) is 26.0 Å². The monoisotopic (exact) mass is 265 g/mol. The van der Waals surface area contributed by atoms with Crippen molar-refractivity contribution >= 4 is 26.6 Å². The van der Waals surface area contributed by atoms with Gasteiger partial charge in [0.25, 0.3) is 0 Å². The Labute approximate surface area is 78.1 Å². The first-order valence-electron chi connectivity index (χ1n) is 3.66. The Kier molecular flexibility index (Phi) is 3.75. The summed E-state index contributed by atoms with van der Waals surface area (Å²) in [5.74, 6) is 0. The fourth-order valence-electron chi connectivity index (χ4n) is 0.904. The van der Waals surface area contributed by atoms with Crippen molar-refractivity contribution in [3.05, 3.63) is 29.8 Å². The van der Waals surface area contributed by atoms with Crippen LogP contribution in [0, 0.1) is 0 Å². The molecule has 0 heterocycles. The van der Waals surface area contributed by atoms with E-state index in [1.807, 2.05) is 12.1 Å². The molecule has 0 saturated heterocycles. The van der Waals surface area contributed by atoms with Crippen LogP contribution in [0.4, 0.5) is 5.69 Å². The van der Waals surface area contributed by atoms with Crippen LogP contribution in [0.25, 0.3) is 0 Å². The van der Waals surface area contributed by atoms with Gasteiger partial charge in [0, 0.05) is 0 Å². The molecular formula is C9H13NTe. The van der Waals surface area contributed by atoms with Crippen molar-refractivity contribution in [3.8, 4) is 0 Å². The number of nitrogens with two attached hydrogens (primary N) is 1. The molecule has 11 heavy (non-hydrogen) atoms. The molecule has 0 aliphatic rings. The minimum atomic E-state index is 0.295. The van der Waals surface area contributed by atoms with Gasteiger partial charge in [0.1, 0.15) is 0 Å². The first kappa shape index (κ1) is 8.90. The predicted octanol–water partition coefficient (Wildman–Crippen LogP) is 1.98. The van der Waals surface area contributed by atoms with Crippen molar-refractivity contribution in [2.24, 2.45) is 0 Å². The Hall–Kier alpha value is -0.190. The molecule has 0 aliphatic carbocycles. The molecule has 0 atom stereocenters. The van der Waals surface area contributed by atoms with E-state index in [2.05, 4.69) is 17.1 Å². The number of anilines is 1. The molecule has 0 radical (unpaired) electrons. The standard InChI is InChI=1S/C9H13NTe/c1-11-7-6-8-2-4-9(10)5-3-8/h2-5H,6-7,10H2,1H3. The Morgan fingerprint density at radius 3 is 2.45 bits per heavy atom. The molecule has 2 heteroatoms. The first-order chi connectivity index (χ1) is 5.33. The van der Waals surface area contributed by atoms with Gasteiger partial charge in [0.05, 0.1) is 0 Å². The summed E-state index contributed by atoms with van der Waals surface area (Å²) in [5, 5.41) is 0. The van der Waals surface area contributed by atoms with Crippen LogP contribution < -0.4 is 5.73 Å². The van der Waals surface area contributed by atoms with Gasteiger partial charge in [0.15, 0.2) is 0 Å². The zero-order valence-corrected chi connectivity index (χ0v) is 9.04. The van der Waals surface area contributed by atoms with Gasteiger partial charge in [-0.05, 0) is 0 Å². The summed E-state index contributed by atoms with van der Waals surface area (Å²) in [5.41, 5.74) is 7.85. The molecule has 1 rings (SSSR count). The Bertz CT molecular complexity index is 205. The van der Waals surface area contributed by atoms with E-state index in [0.717, 1.165) is 5.69 Å². The van der Waals surface area contributed by atoms with Gasteiger partial charge in [-0.15, -0.1) is 0 Å². The number of aryl methyl sites for hydroxylation is 1. The van der Waals surface area contributed by atoms with E-state index in [9.17, 15) is 0 Å². The maximum absolute atomic E-state index is 5.56. The molecule has 0 aliphatic heterocycles. The molecule has 0 saturated carbocycles. The Morgan fingerprint density at radius 2 is 1.91 bits per heavy atom. The third-order valence-electron chi connectivity index (χ3n) is 1.57. The second-order valence-corrected chi connectivity index (χ2v) is 5.30. The van der Waals surface area contributed by atoms with Gasteiger partial charge >= 0.3 is 78.0 Å². The SMILES string of the molecule is C[Te]CCc1ccc(N)cc1. The molecule has 0 amide bonds. The van der Waals surface area contributed by atoms with Crippen molar-refractivity contribution in [2.75, 3.05) is 5.73 Å². The van der Waals surface area contributed by atoms with Crippen molar-refractivity contribution in [1.29, 1.82) is 0 Å². The van der Waals surface area contributed by atoms with Crippen molar-refractivity contribution in [2.45, 2.75) is 15.9 Å². The third-order valence-corrected chi connectivity index (χ3v) is 3.32. The predicted molar refractivity (Wildman–Crippen MR) is 51.0 cm³/mol. The van der Waals surface area contributed by atoms with Gasteiger partial charge < -0.3 is 0 Å². The van der Waals surface area contributed by atoms with Crippen molar-refractivity contribution in [1.82, 2.24) is 0 Å². The molecule has 1 aromatic carbocycles. The summed E-state index contributed by atoms with van der Waals surface area (Å²) >= 11 is 0.295. The maximum atomic E-state index is 5.56. The summed E-state index contributed by atoms with van der Waals surface area (Å²) < 4.78 is 1.40. The molecule has 1 aromatic rings. The van der Waals surface area contributed by atoms with Gasteiger partial charge in [-0.2, -0.15) is 0 Å². The van der Waals surface area contributed by atoms with Crippen LogP contribution in [0.2, 0.25) is 9.44 Å². The molecular weight excluding hydrogens is 250 g/mol. The van der Waals surface area contributed by atoms with E-state index >= 15 is 0 Å². The molecule has 0 aromatic heterocycles. The molecule has 0 spiro atoms. The summed E-state index contributed by atoms with van der Waals surface area (Å²) in [6, 6.07) is 8.20. The van der Waals surface area contributed by atoms with E-state index in [0.29, 0.717) is 20.9 Å². The number of benzene rings is 1. The number of hydrogen-bond donors (Lipinski definition) is 1. The number of hydrogen-bond acceptors (Lipinski definition) is 1. The normalized spacial score (nSPS) is 9.91. The van der Waals surface area contributed by atoms with Gasteiger partial charge in [0.2, 0.25) is 0 Å². The fourth-order valence-corrected chi connectivity index (χ4v) is 2.16. The summed E-state index contributed by atoms with van der Waals surface area (Å²) in [6.45, 7) is 0. The average Bonchev–Trinajstić information content (AvgIpc) is 2.04. The molecule has 0 bridgehead atoms. The van der Waals surface area contributed by atoms with E-state index in [-0.39, 0.29) is 0 Å². The van der Waals surface area contributed by atoms with Gasteiger partial charge in [-0.3, -0.25) is 0 Å². The van der Waals surface area contributed by atoms with Crippen molar-refractivity contribution < 1.29 is 0 Å². The third kappa shape index (κ3) is 3.14. The van der Waals surface area contributed by atoms with Crippen molar-refractivity contribution in [3.63, 3.8) is 0 Å². The van der Waals surface area contributed by atoms with Gasteiger partial charge in [-0.1, -0.05) is 0 Å². The molecule has 60 valence electrons. The van der Waals surface area contributed by atoms with E-state index < -0.39 is 0 Å². The van der Waals surface area contributed by atoms with Crippen LogP contribution in [0.5, 0.6) is 0 Å². The molecule has 2 N–H and O–H groups in total. The van der Waals surface area contributed by atoms with E-state index in [4.69, 9.17) is 5.73 Å². The minimum absolute atomic E-state index is 0.295. The Balaban J connectivity index is 2.52. The van der Waals surface area contributed by atoms with Crippen LogP contribution >= 0.6 is 0 Å². The second kappa shape index (κ2) is 4.64. The fraction of sp³-hybridized carbons (Fsp3) is 0.333. The zero-order chi connectivity index (χ0) is 8.10. The Morgan fingerprint density at radius 1 is 1.27 bits per heavy atom. The second-order valence-electron chi connectivity index (χ2n) is 2.48. The molecule has 0 fully saturated rings. The van der Waals surface area contributed by atoms with Crippen LogP contribution in [0.3, 0.4) is 0 Å². The van der Waals surface area contributed by atoms with E-state index in [1.54, 1.807) is 0 Å². The quantitative estimate of drug-likeness (QED) is 0.654. The molecule has 0 unspecified atom stereocenters. The summed E-state index contributed by atoms with van der Waals surface area (Å²) in [7, 11) is 0. The van der Waals surface area contributed by atoms with E-state index in [1.165, 1.54) is 16.5 Å². The van der Waals surface area contributed by atoms with Crippen LogP contribution in [0.1, 0.15) is 5.56 Å². The zero-order valence-electron chi connectivity index (χ0n) is 6.71. The number of rotatable bonds is 3. The van der Waals surface area contributed by atoms with Crippen LogP contribution in [0.15, 0.2) is 24.3 Å².